The summed E-state index contributed by atoms with van der Waals surface area (Å²) in [5.41, 5.74) is 0.936. The van der Waals surface area contributed by atoms with Gasteiger partial charge in [-0.15, -0.1) is 5.10 Å². The van der Waals surface area contributed by atoms with Gasteiger partial charge in [0.25, 0.3) is 0 Å². The van der Waals surface area contributed by atoms with Crippen LogP contribution < -0.4 is 5.32 Å². The summed E-state index contributed by atoms with van der Waals surface area (Å²) in [4.78, 5) is 3.29. The minimum absolute atomic E-state index is 0.0684. The van der Waals surface area contributed by atoms with Gasteiger partial charge in [0.15, 0.2) is 0 Å². The van der Waals surface area contributed by atoms with Gasteiger partial charge in [-0.3, -0.25) is 5.10 Å². The Hall–Kier alpha value is -2.05. The Kier molecular flexibility index (Phi) is 2.99. The maximum absolute atomic E-state index is 12.2. The van der Waals surface area contributed by atoms with E-state index in [0.29, 0.717) is 6.54 Å². The molecule has 0 amide bonds. The molecule has 0 aliphatic rings. The fourth-order valence-electron chi connectivity index (χ4n) is 1.24. The van der Waals surface area contributed by atoms with E-state index in [1.807, 2.05) is 35.4 Å². The zero-order valence-corrected chi connectivity index (χ0v) is 8.62. The highest BCUT2D eigenvalue weighted by Gasteiger charge is 2.35. The standard InChI is InChI=1S/C10H9F3N4/c11-10(12,13)8-15-9(17-16-8)14-6-7-4-2-1-3-5-7/h1-5H,6H2,(H2,14,15,16,17). The molecule has 1 aromatic carbocycles. The molecule has 4 nitrogen and oxygen atoms in total. The van der Waals surface area contributed by atoms with Gasteiger partial charge in [0, 0.05) is 6.54 Å². The first-order chi connectivity index (χ1) is 8.05. The second kappa shape index (κ2) is 4.44. The zero-order chi connectivity index (χ0) is 12.3. The summed E-state index contributed by atoms with van der Waals surface area (Å²) >= 11 is 0. The van der Waals surface area contributed by atoms with E-state index in [1.54, 1.807) is 0 Å². The maximum atomic E-state index is 12.2. The largest absolute Gasteiger partial charge is 0.451 e. The van der Waals surface area contributed by atoms with E-state index in [-0.39, 0.29) is 5.95 Å². The van der Waals surface area contributed by atoms with Gasteiger partial charge in [-0.25, -0.2) is 0 Å². The Morgan fingerprint density at radius 1 is 1.18 bits per heavy atom. The van der Waals surface area contributed by atoms with Crippen LogP contribution in [0.3, 0.4) is 0 Å². The number of rotatable bonds is 3. The molecular weight excluding hydrogens is 233 g/mol. The van der Waals surface area contributed by atoms with Crippen molar-refractivity contribution in [3.8, 4) is 0 Å². The Labute approximate surface area is 94.9 Å². The monoisotopic (exact) mass is 242 g/mol. The lowest BCUT2D eigenvalue weighted by atomic mass is 10.2. The number of alkyl halides is 3. The normalized spacial score (nSPS) is 11.5. The van der Waals surface area contributed by atoms with Gasteiger partial charge in [-0.2, -0.15) is 18.2 Å². The molecule has 0 bridgehead atoms. The van der Waals surface area contributed by atoms with Gasteiger partial charge in [0.05, 0.1) is 0 Å². The van der Waals surface area contributed by atoms with E-state index < -0.39 is 12.0 Å². The Morgan fingerprint density at radius 3 is 2.47 bits per heavy atom. The Morgan fingerprint density at radius 2 is 1.88 bits per heavy atom. The van der Waals surface area contributed by atoms with Crippen LogP contribution in [0.2, 0.25) is 0 Å². The number of hydrogen-bond acceptors (Lipinski definition) is 3. The number of halogens is 3. The number of hydrogen-bond donors (Lipinski definition) is 2. The van der Waals surface area contributed by atoms with Crippen LogP contribution >= 0.6 is 0 Å². The number of anilines is 1. The van der Waals surface area contributed by atoms with Crippen molar-refractivity contribution < 1.29 is 13.2 Å². The van der Waals surface area contributed by atoms with Crippen molar-refractivity contribution in [1.29, 1.82) is 0 Å². The maximum Gasteiger partial charge on any atom is 0.451 e. The first-order valence-electron chi connectivity index (χ1n) is 4.83. The lowest BCUT2D eigenvalue weighted by Gasteiger charge is -2.01. The molecule has 17 heavy (non-hydrogen) atoms. The topological polar surface area (TPSA) is 53.6 Å². The average Bonchev–Trinajstić information content (AvgIpc) is 2.76. The Bertz CT molecular complexity index is 478. The first kappa shape index (κ1) is 11.4. The van der Waals surface area contributed by atoms with Gasteiger partial charge in [-0.05, 0) is 5.56 Å². The molecule has 7 heteroatoms. The third kappa shape index (κ3) is 2.96. The summed E-state index contributed by atoms with van der Waals surface area (Å²) in [6.45, 7) is 0.371. The Balaban J connectivity index is 1.99. The zero-order valence-electron chi connectivity index (χ0n) is 8.62. The molecule has 0 spiro atoms. The number of aromatic amines is 1. The highest BCUT2D eigenvalue weighted by molar-refractivity contribution is 5.27. The molecule has 2 N–H and O–H groups in total. The molecule has 0 saturated heterocycles. The van der Waals surface area contributed by atoms with Crippen molar-refractivity contribution >= 4 is 5.95 Å². The summed E-state index contributed by atoms with van der Waals surface area (Å²) in [6.07, 6.45) is -4.50. The van der Waals surface area contributed by atoms with E-state index in [1.165, 1.54) is 0 Å². The highest BCUT2D eigenvalue weighted by Crippen LogP contribution is 2.26. The summed E-state index contributed by atoms with van der Waals surface area (Å²) in [7, 11) is 0. The number of benzene rings is 1. The molecule has 0 atom stereocenters. The molecule has 0 radical (unpaired) electrons. The third-order valence-electron chi connectivity index (χ3n) is 2.05. The molecule has 0 saturated carbocycles. The fraction of sp³-hybridized carbons (Fsp3) is 0.200. The molecular formula is C10H9F3N4. The summed E-state index contributed by atoms with van der Waals surface area (Å²) < 4.78 is 36.6. The molecule has 0 aliphatic carbocycles. The second-order valence-electron chi connectivity index (χ2n) is 3.34. The van der Waals surface area contributed by atoms with Crippen LogP contribution in [0.4, 0.5) is 19.1 Å². The predicted octanol–water partition coefficient (Wildman–Crippen LogP) is 2.44. The predicted molar refractivity (Wildman–Crippen MR) is 55.2 cm³/mol. The van der Waals surface area contributed by atoms with Gasteiger partial charge in [0.2, 0.25) is 11.8 Å². The van der Waals surface area contributed by atoms with E-state index in [2.05, 4.69) is 15.4 Å². The summed E-state index contributed by atoms with van der Waals surface area (Å²) in [6, 6.07) is 9.25. The van der Waals surface area contributed by atoms with Crippen molar-refractivity contribution in [2.75, 3.05) is 5.32 Å². The van der Waals surface area contributed by atoms with Crippen LogP contribution in [0, 0.1) is 0 Å². The third-order valence-corrected chi connectivity index (χ3v) is 2.05. The van der Waals surface area contributed by atoms with Crippen LogP contribution in [0.5, 0.6) is 0 Å². The lowest BCUT2D eigenvalue weighted by Crippen LogP contribution is -2.07. The quantitative estimate of drug-likeness (QED) is 0.869. The van der Waals surface area contributed by atoms with E-state index in [0.717, 1.165) is 5.56 Å². The van der Waals surface area contributed by atoms with Crippen LogP contribution in [0.1, 0.15) is 11.4 Å². The molecule has 1 heterocycles. The van der Waals surface area contributed by atoms with Crippen molar-refractivity contribution in [1.82, 2.24) is 15.2 Å². The van der Waals surface area contributed by atoms with Crippen LogP contribution in [-0.4, -0.2) is 15.2 Å². The lowest BCUT2D eigenvalue weighted by molar-refractivity contribution is -0.144. The molecule has 0 aliphatic heterocycles. The van der Waals surface area contributed by atoms with Crippen molar-refractivity contribution in [2.24, 2.45) is 0 Å². The van der Waals surface area contributed by atoms with Crippen molar-refractivity contribution in [3.05, 3.63) is 41.7 Å². The van der Waals surface area contributed by atoms with Crippen LogP contribution in [0.15, 0.2) is 30.3 Å². The minimum atomic E-state index is -4.50. The first-order valence-corrected chi connectivity index (χ1v) is 4.83. The van der Waals surface area contributed by atoms with Gasteiger partial charge >= 0.3 is 6.18 Å². The smallest absolute Gasteiger partial charge is 0.349 e. The molecule has 1 aromatic heterocycles. The van der Waals surface area contributed by atoms with Crippen molar-refractivity contribution in [2.45, 2.75) is 12.7 Å². The van der Waals surface area contributed by atoms with Gasteiger partial charge in [0.1, 0.15) is 0 Å². The number of nitrogens with zero attached hydrogens (tertiary/aromatic N) is 2. The average molecular weight is 242 g/mol. The number of aromatic nitrogens is 3. The van der Waals surface area contributed by atoms with Crippen molar-refractivity contribution in [3.63, 3.8) is 0 Å². The second-order valence-corrected chi connectivity index (χ2v) is 3.34. The number of nitrogens with one attached hydrogen (secondary N) is 2. The summed E-state index contributed by atoms with van der Waals surface area (Å²) in [5.74, 6) is -1.17. The number of H-pyrrole nitrogens is 1. The van der Waals surface area contributed by atoms with E-state index in [9.17, 15) is 13.2 Å². The SMILES string of the molecule is FC(F)(F)c1nc(NCc2ccccc2)n[nH]1. The molecule has 2 rings (SSSR count). The summed E-state index contributed by atoms with van der Waals surface area (Å²) in [5, 5.41) is 7.96. The fourth-order valence-corrected chi connectivity index (χ4v) is 1.24. The molecule has 0 unspecified atom stereocenters. The van der Waals surface area contributed by atoms with Crippen LogP contribution in [-0.2, 0) is 12.7 Å². The van der Waals surface area contributed by atoms with E-state index in [4.69, 9.17) is 0 Å². The van der Waals surface area contributed by atoms with E-state index >= 15 is 0 Å². The molecule has 0 fully saturated rings. The molecule has 2 aromatic rings. The van der Waals surface area contributed by atoms with Gasteiger partial charge in [-0.1, -0.05) is 30.3 Å². The molecule has 90 valence electrons. The highest BCUT2D eigenvalue weighted by atomic mass is 19.4. The van der Waals surface area contributed by atoms with Gasteiger partial charge < -0.3 is 5.32 Å². The minimum Gasteiger partial charge on any atom is -0.349 e. The van der Waals surface area contributed by atoms with Crippen LogP contribution in [0.25, 0.3) is 0 Å².